The largest absolute Gasteiger partial charge is 0.493 e. The van der Waals surface area contributed by atoms with Gasteiger partial charge < -0.3 is 15.2 Å². The summed E-state index contributed by atoms with van der Waals surface area (Å²) in [5, 5.41) is 0. The maximum absolute atomic E-state index is 5.81. The third-order valence-corrected chi connectivity index (χ3v) is 2.29. The Balaban J connectivity index is 0.00000256. The maximum Gasteiger partial charge on any atom is 0.161 e. The Labute approximate surface area is 110 Å². The molecule has 0 saturated heterocycles. The van der Waals surface area contributed by atoms with Crippen LogP contribution in [0.4, 0.5) is 0 Å². The first-order valence-corrected chi connectivity index (χ1v) is 5.61. The first kappa shape index (κ1) is 16.1. The number of nitrogens with two attached hydrogens (primary N) is 1. The number of methoxy groups -OCH3 is 1. The second-order valence-electron chi connectivity index (χ2n) is 4.40. The van der Waals surface area contributed by atoms with E-state index in [1.165, 1.54) is 0 Å². The first-order valence-electron chi connectivity index (χ1n) is 5.61. The summed E-state index contributed by atoms with van der Waals surface area (Å²) < 4.78 is 10.9. The van der Waals surface area contributed by atoms with Gasteiger partial charge in [-0.1, -0.05) is 19.9 Å². The molecule has 0 aliphatic rings. The number of rotatable bonds is 5. The Kier molecular flexibility index (Phi) is 7.00. The van der Waals surface area contributed by atoms with Crippen molar-refractivity contribution in [2.45, 2.75) is 26.8 Å². The fourth-order valence-electron chi connectivity index (χ4n) is 1.34. The Morgan fingerprint density at radius 2 is 1.82 bits per heavy atom. The minimum Gasteiger partial charge on any atom is -0.493 e. The van der Waals surface area contributed by atoms with Crippen molar-refractivity contribution in [1.29, 1.82) is 0 Å². The average Bonchev–Trinajstić information content (AvgIpc) is 2.25. The average molecular weight is 260 g/mol. The number of ether oxygens (including phenoxy) is 2. The smallest absolute Gasteiger partial charge is 0.161 e. The van der Waals surface area contributed by atoms with E-state index < -0.39 is 0 Å². The molecule has 1 atom stereocenters. The molecule has 1 rings (SSSR count). The predicted molar refractivity (Wildman–Crippen MR) is 73.2 cm³/mol. The zero-order valence-electron chi connectivity index (χ0n) is 10.9. The van der Waals surface area contributed by atoms with Gasteiger partial charge in [-0.25, -0.2) is 0 Å². The third-order valence-electron chi connectivity index (χ3n) is 2.29. The lowest BCUT2D eigenvalue weighted by Crippen LogP contribution is -2.08. The highest BCUT2D eigenvalue weighted by Gasteiger charge is 2.08. The van der Waals surface area contributed by atoms with Crippen LogP contribution in [-0.4, -0.2) is 13.7 Å². The number of hydrogen-bond acceptors (Lipinski definition) is 3. The van der Waals surface area contributed by atoms with E-state index in [1.807, 2.05) is 25.1 Å². The third kappa shape index (κ3) is 4.84. The molecule has 0 aliphatic carbocycles. The van der Waals surface area contributed by atoms with Gasteiger partial charge in [0, 0.05) is 6.04 Å². The highest BCUT2D eigenvalue weighted by molar-refractivity contribution is 5.85. The zero-order valence-corrected chi connectivity index (χ0v) is 11.7. The van der Waals surface area contributed by atoms with Gasteiger partial charge in [-0.2, -0.15) is 0 Å². The lowest BCUT2D eigenvalue weighted by atomic mass is 10.1. The second-order valence-corrected chi connectivity index (χ2v) is 4.40. The van der Waals surface area contributed by atoms with Crippen molar-refractivity contribution < 1.29 is 9.47 Å². The van der Waals surface area contributed by atoms with Crippen LogP contribution in [0.25, 0.3) is 0 Å². The van der Waals surface area contributed by atoms with E-state index in [1.54, 1.807) is 7.11 Å². The standard InChI is InChI=1S/C13H21NO2.ClH/c1-9(2)8-16-12-6-5-11(10(3)14)7-13(12)15-4;/h5-7,9-10H,8,14H2,1-4H3;1H. The first-order chi connectivity index (χ1) is 7.54. The molecule has 0 aliphatic heterocycles. The minimum absolute atomic E-state index is 0. The van der Waals surface area contributed by atoms with Gasteiger partial charge in [0.2, 0.25) is 0 Å². The monoisotopic (exact) mass is 259 g/mol. The molecule has 4 heteroatoms. The maximum atomic E-state index is 5.81. The summed E-state index contributed by atoms with van der Waals surface area (Å²) in [5.41, 5.74) is 6.86. The Morgan fingerprint density at radius 3 is 2.29 bits per heavy atom. The van der Waals surface area contributed by atoms with Crippen LogP contribution < -0.4 is 15.2 Å². The molecule has 0 aromatic heterocycles. The van der Waals surface area contributed by atoms with Crippen LogP contribution in [0.3, 0.4) is 0 Å². The van der Waals surface area contributed by atoms with Gasteiger partial charge in [-0.05, 0) is 30.5 Å². The van der Waals surface area contributed by atoms with Gasteiger partial charge in [0.15, 0.2) is 11.5 Å². The molecule has 1 aromatic carbocycles. The summed E-state index contributed by atoms with van der Waals surface area (Å²) in [4.78, 5) is 0. The minimum atomic E-state index is 0. The van der Waals surface area contributed by atoms with E-state index in [9.17, 15) is 0 Å². The number of benzene rings is 1. The molecule has 0 saturated carbocycles. The molecular weight excluding hydrogens is 238 g/mol. The number of halogens is 1. The van der Waals surface area contributed by atoms with Crippen molar-refractivity contribution in [3.8, 4) is 11.5 Å². The molecule has 1 aromatic rings. The Bertz CT molecular complexity index is 340. The fourth-order valence-corrected chi connectivity index (χ4v) is 1.34. The highest BCUT2D eigenvalue weighted by atomic mass is 35.5. The molecule has 0 fully saturated rings. The predicted octanol–water partition coefficient (Wildman–Crippen LogP) is 3.17. The molecule has 0 radical (unpaired) electrons. The zero-order chi connectivity index (χ0) is 12.1. The molecule has 0 amide bonds. The summed E-state index contributed by atoms with van der Waals surface area (Å²) in [6.45, 7) is 6.86. The molecule has 0 heterocycles. The molecule has 98 valence electrons. The summed E-state index contributed by atoms with van der Waals surface area (Å²) in [7, 11) is 1.64. The Morgan fingerprint density at radius 1 is 1.18 bits per heavy atom. The van der Waals surface area contributed by atoms with Crippen molar-refractivity contribution in [2.24, 2.45) is 11.7 Å². The normalized spacial score (nSPS) is 11.9. The van der Waals surface area contributed by atoms with E-state index in [2.05, 4.69) is 13.8 Å². The molecule has 0 spiro atoms. The van der Waals surface area contributed by atoms with Crippen LogP contribution in [0.5, 0.6) is 11.5 Å². The van der Waals surface area contributed by atoms with E-state index in [4.69, 9.17) is 15.2 Å². The van der Waals surface area contributed by atoms with Gasteiger partial charge in [0.1, 0.15) is 0 Å². The van der Waals surface area contributed by atoms with Crippen molar-refractivity contribution in [1.82, 2.24) is 0 Å². The molecule has 1 unspecified atom stereocenters. The van der Waals surface area contributed by atoms with Crippen molar-refractivity contribution >= 4 is 12.4 Å². The van der Waals surface area contributed by atoms with Gasteiger partial charge in [0.05, 0.1) is 13.7 Å². The lowest BCUT2D eigenvalue weighted by Gasteiger charge is -2.14. The van der Waals surface area contributed by atoms with E-state index >= 15 is 0 Å². The van der Waals surface area contributed by atoms with E-state index in [-0.39, 0.29) is 18.4 Å². The topological polar surface area (TPSA) is 44.5 Å². The van der Waals surface area contributed by atoms with Crippen LogP contribution in [0.2, 0.25) is 0 Å². The van der Waals surface area contributed by atoms with Crippen LogP contribution in [0, 0.1) is 5.92 Å². The quantitative estimate of drug-likeness (QED) is 0.883. The van der Waals surface area contributed by atoms with Gasteiger partial charge >= 0.3 is 0 Å². The van der Waals surface area contributed by atoms with Gasteiger partial charge in [-0.15, -0.1) is 12.4 Å². The van der Waals surface area contributed by atoms with Gasteiger partial charge in [-0.3, -0.25) is 0 Å². The van der Waals surface area contributed by atoms with Crippen LogP contribution in [0.1, 0.15) is 32.4 Å². The molecule has 17 heavy (non-hydrogen) atoms. The van der Waals surface area contributed by atoms with Crippen LogP contribution >= 0.6 is 12.4 Å². The van der Waals surface area contributed by atoms with E-state index in [0.717, 1.165) is 17.1 Å². The van der Waals surface area contributed by atoms with E-state index in [0.29, 0.717) is 12.5 Å². The second kappa shape index (κ2) is 7.41. The summed E-state index contributed by atoms with van der Waals surface area (Å²) in [5.74, 6) is 2.02. The summed E-state index contributed by atoms with van der Waals surface area (Å²) in [6.07, 6.45) is 0. The van der Waals surface area contributed by atoms with Crippen molar-refractivity contribution in [3.05, 3.63) is 23.8 Å². The van der Waals surface area contributed by atoms with Crippen molar-refractivity contribution in [3.63, 3.8) is 0 Å². The van der Waals surface area contributed by atoms with Crippen molar-refractivity contribution in [2.75, 3.05) is 13.7 Å². The fraction of sp³-hybridized carbons (Fsp3) is 0.538. The van der Waals surface area contributed by atoms with Crippen LogP contribution in [0.15, 0.2) is 18.2 Å². The van der Waals surface area contributed by atoms with Crippen LogP contribution in [-0.2, 0) is 0 Å². The highest BCUT2D eigenvalue weighted by Crippen LogP contribution is 2.30. The molecular formula is C13H22ClNO2. The van der Waals surface area contributed by atoms with Gasteiger partial charge in [0.25, 0.3) is 0 Å². The summed E-state index contributed by atoms with van der Waals surface area (Å²) in [6, 6.07) is 5.83. The summed E-state index contributed by atoms with van der Waals surface area (Å²) >= 11 is 0. The molecule has 0 bridgehead atoms. The Hall–Kier alpha value is -0.930. The lowest BCUT2D eigenvalue weighted by molar-refractivity contribution is 0.256. The number of hydrogen-bond donors (Lipinski definition) is 1. The molecule has 3 nitrogen and oxygen atoms in total. The SMILES string of the molecule is COc1cc(C(C)N)ccc1OCC(C)C.Cl. The molecule has 2 N–H and O–H groups in total.